The number of hydrogen-bond donors (Lipinski definition) is 0. The van der Waals surface area contributed by atoms with Crippen molar-refractivity contribution in [1.29, 1.82) is 0 Å². The molecule has 0 aromatic heterocycles. The Morgan fingerprint density at radius 3 is 2.60 bits per heavy atom. The zero-order valence-corrected chi connectivity index (χ0v) is 14.6. The van der Waals surface area contributed by atoms with E-state index in [1.807, 2.05) is 0 Å². The van der Waals surface area contributed by atoms with Crippen molar-refractivity contribution < 1.29 is 4.79 Å². The van der Waals surface area contributed by atoms with Crippen LogP contribution in [0.25, 0.3) is 0 Å². The van der Waals surface area contributed by atoms with Crippen LogP contribution in [0.2, 0.25) is 0 Å². The summed E-state index contributed by atoms with van der Waals surface area (Å²) in [6.07, 6.45) is 5.73. The second-order valence-corrected chi connectivity index (χ2v) is 8.87. The predicted molar refractivity (Wildman–Crippen MR) is 91.2 cm³/mol. The summed E-state index contributed by atoms with van der Waals surface area (Å²) in [4.78, 5) is 14.7. The van der Waals surface area contributed by atoms with Crippen molar-refractivity contribution in [2.24, 2.45) is 17.3 Å². The first-order valence-electron chi connectivity index (χ1n) is 7.83. The molecule has 0 N–H and O–H groups in total. The van der Waals surface area contributed by atoms with Crippen molar-refractivity contribution in [3.05, 3.63) is 0 Å². The van der Waals surface area contributed by atoms with Gasteiger partial charge in [0.05, 0.1) is 0 Å². The molecule has 1 heterocycles. The summed E-state index contributed by atoms with van der Waals surface area (Å²) in [6, 6.07) is 0. The van der Waals surface area contributed by atoms with Crippen LogP contribution in [-0.2, 0) is 4.79 Å². The van der Waals surface area contributed by atoms with Crippen LogP contribution in [-0.4, -0.2) is 33.8 Å². The molecule has 0 aromatic carbocycles. The van der Waals surface area contributed by atoms with Crippen LogP contribution in [0.4, 0.5) is 0 Å². The van der Waals surface area contributed by atoms with Gasteiger partial charge >= 0.3 is 0 Å². The Bertz CT molecular complexity index is 375. The molecule has 2 aliphatic rings. The Morgan fingerprint density at radius 2 is 2.00 bits per heavy atom. The average molecular weight is 314 g/mol. The first-order valence-corrected chi connectivity index (χ1v) is 9.23. The summed E-state index contributed by atoms with van der Waals surface area (Å²) >= 11 is 7.28. The number of ketones is 1. The van der Waals surface area contributed by atoms with E-state index < -0.39 is 0 Å². The van der Waals surface area contributed by atoms with E-state index in [0.717, 1.165) is 36.0 Å². The van der Waals surface area contributed by atoms with Crippen LogP contribution in [0.15, 0.2) is 0 Å². The fourth-order valence-electron chi connectivity index (χ4n) is 3.59. The van der Waals surface area contributed by atoms with Crippen LogP contribution in [0.3, 0.4) is 0 Å². The predicted octanol–water partition coefficient (Wildman–Crippen LogP) is 4.13. The fourth-order valence-corrected chi connectivity index (χ4v) is 5.18. The summed E-state index contributed by atoms with van der Waals surface area (Å²) < 4.78 is 1.01. The summed E-state index contributed by atoms with van der Waals surface area (Å²) in [5.41, 5.74) is 0.186. The van der Waals surface area contributed by atoms with Crippen LogP contribution in [0.1, 0.15) is 52.9 Å². The molecular formula is C16H27NOS2. The Balaban J connectivity index is 1.84. The maximum absolute atomic E-state index is 12.3. The minimum absolute atomic E-state index is 0.186. The molecule has 1 saturated carbocycles. The molecule has 1 saturated heterocycles. The second kappa shape index (κ2) is 6.78. The number of nitrogens with zero attached hydrogens (tertiary/aromatic N) is 1. The molecule has 0 bridgehead atoms. The molecule has 20 heavy (non-hydrogen) atoms. The minimum Gasteiger partial charge on any atom is -0.358 e. The number of hydrogen-bond acceptors (Lipinski definition) is 3. The normalized spacial score (nSPS) is 30.4. The lowest BCUT2D eigenvalue weighted by atomic mass is 9.68. The standard InChI is InChI=1S/C16H27NOS2/c1-12-9-16(2,3)10-14(18)13(12)11-20-15(19)17-7-5-4-6-8-17/h12-13H,4-11H2,1-3H3. The largest absolute Gasteiger partial charge is 0.358 e. The van der Waals surface area contributed by atoms with Crippen molar-refractivity contribution in [2.45, 2.75) is 52.9 Å². The minimum atomic E-state index is 0.186. The monoisotopic (exact) mass is 313 g/mol. The fraction of sp³-hybridized carbons (Fsp3) is 0.875. The summed E-state index contributed by atoms with van der Waals surface area (Å²) in [5.74, 6) is 2.02. The highest BCUT2D eigenvalue weighted by atomic mass is 32.2. The molecule has 2 atom stereocenters. The third kappa shape index (κ3) is 4.20. The SMILES string of the molecule is CC1CC(C)(C)CC(=O)C1CSC(=S)N1CCCCC1. The van der Waals surface area contributed by atoms with Crippen molar-refractivity contribution in [1.82, 2.24) is 4.90 Å². The van der Waals surface area contributed by atoms with Gasteiger partial charge in [0.2, 0.25) is 0 Å². The van der Waals surface area contributed by atoms with Crippen molar-refractivity contribution in [3.63, 3.8) is 0 Å². The Morgan fingerprint density at radius 1 is 1.35 bits per heavy atom. The lowest BCUT2D eigenvalue weighted by molar-refractivity contribution is -0.129. The van der Waals surface area contributed by atoms with E-state index in [4.69, 9.17) is 12.2 Å². The topological polar surface area (TPSA) is 20.3 Å². The smallest absolute Gasteiger partial charge is 0.137 e. The van der Waals surface area contributed by atoms with E-state index in [1.165, 1.54) is 19.3 Å². The quantitative estimate of drug-likeness (QED) is 0.714. The molecule has 2 fully saturated rings. The van der Waals surface area contributed by atoms with Gasteiger partial charge in [-0.2, -0.15) is 0 Å². The number of Topliss-reactive ketones (excluding diaryl/α,β-unsaturated/α-hetero) is 1. The van der Waals surface area contributed by atoms with Crippen molar-refractivity contribution in [3.8, 4) is 0 Å². The van der Waals surface area contributed by atoms with E-state index in [-0.39, 0.29) is 11.3 Å². The maximum Gasteiger partial charge on any atom is 0.137 e. The number of carbonyl (C=O) groups excluding carboxylic acids is 1. The van der Waals surface area contributed by atoms with Gasteiger partial charge in [-0.05, 0) is 37.0 Å². The molecule has 2 rings (SSSR count). The summed E-state index contributed by atoms with van der Waals surface area (Å²) in [7, 11) is 0. The molecule has 2 nitrogen and oxygen atoms in total. The molecule has 0 aromatic rings. The maximum atomic E-state index is 12.3. The second-order valence-electron chi connectivity index (χ2n) is 7.22. The van der Waals surface area contributed by atoms with Crippen LogP contribution < -0.4 is 0 Å². The number of likely N-dealkylation sites (tertiary alicyclic amines) is 1. The van der Waals surface area contributed by atoms with Crippen LogP contribution in [0, 0.1) is 17.3 Å². The number of rotatable bonds is 2. The van der Waals surface area contributed by atoms with Gasteiger partial charge in [-0.15, -0.1) is 0 Å². The van der Waals surface area contributed by atoms with Gasteiger partial charge in [0, 0.05) is 31.2 Å². The molecule has 1 aliphatic carbocycles. The third-order valence-electron chi connectivity index (χ3n) is 4.63. The first-order chi connectivity index (χ1) is 9.39. The highest BCUT2D eigenvalue weighted by Crippen LogP contribution is 2.41. The highest BCUT2D eigenvalue weighted by molar-refractivity contribution is 8.22. The number of thioether (sulfide) groups is 1. The summed E-state index contributed by atoms with van der Waals surface area (Å²) in [5, 5.41) is 0. The zero-order valence-electron chi connectivity index (χ0n) is 13.0. The molecule has 0 amide bonds. The van der Waals surface area contributed by atoms with Crippen molar-refractivity contribution in [2.75, 3.05) is 18.8 Å². The van der Waals surface area contributed by atoms with Crippen LogP contribution in [0.5, 0.6) is 0 Å². The van der Waals surface area contributed by atoms with Crippen molar-refractivity contribution >= 4 is 34.1 Å². The number of piperidine rings is 1. The Kier molecular flexibility index (Phi) is 5.52. The van der Waals surface area contributed by atoms with Gasteiger partial charge in [-0.25, -0.2) is 0 Å². The Labute approximate surface area is 133 Å². The Hall–Kier alpha value is -0.0900. The van der Waals surface area contributed by atoms with E-state index in [9.17, 15) is 4.79 Å². The van der Waals surface area contributed by atoms with E-state index >= 15 is 0 Å². The molecule has 0 radical (unpaired) electrons. The zero-order chi connectivity index (χ0) is 14.8. The van der Waals surface area contributed by atoms with E-state index in [2.05, 4.69) is 25.7 Å². The molecule has 2 unspecified atom stereocenters. The molecule has 114 valence electrons. The van der Waals surface area contributed by atoms with E-state index in [0.29, 0.717) is 11.7 Å². The molecule has 0 spiro atoms. The number of thiocarbonyl (C=S) groups is 1. The average Bonchev–Trinajstić information content (AvgIpc) is 2.37. The van der Waals surface area contributed by atoms with Gasteiger partial charge in [0.15, 0.2) is 0 Å². The van der Waals surface area contributed by atoms with Gasteiger partial charge in [-0.1, -0.05) is 44.8 Å². The first kappa shape index (κ1) is 16.3. The lowest BCUT2D eigenvalue weighted by Gasteiger charge is -2.38. The summed E-state index contributed by atoms with van der Waals surface area (Å²) in [6.45, 7) is 8.86. The molecule has 4 heteroatoms. The molecular weight excluding hydrogens is 286 g/mol. The van der Waals surface area contributed by atoms with Gasteiger partial charge in [0.25, 0.3) is 0 Å². The third-order valence-corrected chi connectivity index (χ3v) is 6.27. The number of carbonyl (C=O) groups is 1. The lowest BCUT2D eigenvalue weighted by Crippen LogP contribution is -2.38. The molecule has 1 aliphatic heterocycles. The van der Waals surface area contributed by atoms with Gasteiger partial charge in [-0.3, -0.25) is 4.79 Å². The van der Waals surface area contributed by atoms with E-state index in [1.54, 1.807) is 11.8 Å². The van der Waals surface area contributed by atoms with Gasteiger partial charge in [0.1, 0.15) is 10.1 Å². The highest BCUT2D eigenvalue weighted by Gasteiger charge is 2.38. The van der Waals surface area contributed by atoms with Gasteiger partial charge < -0.3 is 4.90 Å². The van der Waals surface area contributed by atoms with Crippen LogP contribution >= 0.6 is 24.0 Å².